The SMILES string of the molecule is CCc1cccc(C)c1NC(=O)CCc1ncc(-c2cccc(OC)c2)o1. The fourth-order valence-corrected chi connectivity index (χ4v) is 2.96. The fourth-order valence-electron chi connectivity index (χ4n) is 2.96. The van der Waals surface area contributed by atoms with Crippen molar-refractivity contribution in [1.29, 1.82) is 0 Å². The Hall–Kier alpha value is -3.08. The van der Waals surface area contributed by atoms with Gasteiger partial charge in [0.15, 0.2) is 11.7 Å². The Labute approximate surface area is 159 Å². The molecule has 140 valence electrons. The summed E-state index contributed by atoms with van der Waals surface area (Å²) in [5.41, 5.74) is 4.01. The lowest BCUT2D eigenvalue weighted by Gasteiger charge is -2.12. The first-order valence-electron chi connectivity index (χ1n) is 9.08. The van der Waals surface area contributed by atoms with E-state index in [1.807, 2.05) is 49.4 Å². The summed E-state index contributed by atoms with van der Waals surface area (Å²) >= 11 is 0. The summed E-state index contributed by atoms with van der Waals surface area (Å²) in [5.74, 6) is 1.93. The van der Waals surface area contributed by atoms with Gasteiger partial charge in [-0.15, -0.1) is 0 Å². The highest BCUT2D eigenvalue weighted by molar-refractivity contribution is 5.92. The minimum absolute atomic E-state index is 0.0415. The number of oxazole rings is 1. The van der Waals surface area contributed by atoms with E-state index in [0.29, 0.717) is 24.5 Å². The van der Waals surface area contributed by atoms with E-state index in [4.69, 9.17) is 9.15 Å². The molecule has 0 saturated carbocycles. The Morgan fingerprint density at radius 2 is 2.04 bits per heavy atom. The number of ether oxygens (including phenoxy) is 1. The second-order valence-corrected chi connectivity index (χ2v) is 6.36. The number of nitrogens with zero attached hydrogens (tertiary/aromatic N) is 1. The molecule has 0 aliphatic heterocycles. The summed E-state index contributed by atoms with van der Waals surface area (Å²) < 4.78 is 11.0. The Bertz CT molecular complexity index is 931. The van der Waals surface area contributed by atoms with Crippen LogP contribution >= 0.6 is 0 Å². The molecule has 0 aliphatic carbocycles. The molecule has 0 aliphatic rings. The number of aryl methyl sites for hydroxylation is 3. The molecule has 1 amide bonds. The van der Waals surface area contributed by atoms with Crippen LogP contribution in [0.1, 0.15) is 30.4 Å². The number of benzene rings is 2. The minimum atomic E-state index is -0.0415. The highest BCUT2D eigenvalue weighted by Gasteiger charge is 2.12. The van der Waals surface area contributed by atoms with E-state index < -0.39 is 0 Å². The van der Waals surface area contributed by atoms with Gasteiger partial charge in [0.2, 0.25) is 5.91 Å². The summed E-state index contributed by atoms with van der Waals surface area (Å²) in [6.07, 6.45) is 3.32. The van der Waals surface area contributed by atoms with Crippen LogP contribution in [0.25, 0.3) is 11.3 Å². The van der Waals surface area contributed by atoms with Crippen LogP contribution in [0.4, 0.5) is 5.69 Å². The van der Waals surface area contributed by atoms with Crippen molar-refractivity contribution in [2.75, 3.05) is 12.4 Å². The van der Waals surface area contributed by atoms with Crippen LogP contribution in [0.2, 0.25) is 0 Å². The molecule has 0 radical (unpaired) electrons. The number of rotatable bonds is 7. The molecule has 0 spiro atoms. The molecule has 2 aromatic carbocycles. The smallest absolute Gasteiger partial charge is 0.224 e. The molecular weight excluding hydrogens is 340 g/mol. The Balaban J connectivity index is 1.62. The number of amides is 1. The van der Waals surface area contributed by atoms with Crippen molar-refractivity contribution in [3.05, 3.63) is 65.7 Å². The van der Waals surface area contributed by atoms with Crippen LogP contribution in [0, 0.1) is 6.92 Å². The molecule has 27 heavy (non-hydrogen) atoms. The number of hydrogen-bond acceptors (Lipinski definition) is 4. The molecule has 0 unspecified atom stereocenters. The second kappa shape index (κ2) is 8.54. The van der Waals surface area contributed by atoms with E-state index in [-0.39, 0.29) is 5.91 Å². The van der Waals surface area contributed by atoms with Crippen molar-refractivity contribution in [3.8, 4) is 17.1 Å². The van der Waals surface area contributed by atoms with Gasteiger partial charge in [-0.05, 0) is 36.6 Å². The van der Waals surface area contributed by atoms with E-state index in [2.05, 4.69) is 17.2 Å². The van der Waals surface area contributed by atoms with Crippen LogP contribution < -0.4 is 10.1 Å². The van der Waals surface area contributed by atoms with Crippen molar-refractivity contribution in [1.82, 2.24) is 4.98 Å². The maximum absolute atomic E-state index is 12.4. The first-order chi connectivity index (χ1) is 13.1. The van der Waals surface area contributed by atoms with Crippen molar-refractivity contribution < 1.29 is 13.9 Å². The van der Waals surface area contributed by atoms with Crippen LogP contribution in [0.3, 0.4) is 0 Å². The topological polar surface area (TPSA) is 64.4 Å². The first-order valence-corrected chi connectivity index (χ1v) is 9.08. The van der Waals surface area contributed by atoms with Crippen LogP contribution in [-0.2, 0) is 17.6 Å². The lowest BCUT2D eigenvalue weighted by Crippen LogP contribution is -2.14. The van der Waals surface area contributed by atoms with Gasteiger partial charge in [0, 0.05) is 24.1 Å². The summed E-state index contributed by atoms with van der Waals surface area (Å²) in [5, 5.41) is 3.03. The zero-order valence-corrected chi connectivity index (χ0v) is 15.9. The average Bonchev–Trinajstić information content (AvgIpc) is 3.17. The molecule has 1 aromatic heterocycles. The predicted octanol–water partition coefficient (Wildman–Crippen LogP) is 4.79. The zero-order chi connectivity index (χ0) is 19.2. The maximum atomic E-state index is 12.4. The zero-order valence-electron chi connectivity index (χ0n) is 15.9. The Morgan fingerprint density at radius 3 is 2.81 bits per heavy atom. The van der Waals surface area contributed by atoms with Crippen LogP contribution in [0.15, 0.2) is 53.1 Å². The van der Waals surface area contributed by atoms with Gasteiger partial charge in [-0.1, -0.05) is 37.3 Å². The number of carbonyl (C=O) groups excluding carboxylic acids is 1. The average molecular weight is 364 g/mol. The number of hydrogen-bond donors (Lipinski definition) is 1. The van der Waals surface area contributed by atoms with Crippen LogP contribution in [0.5, 0.6) is 5.75 Å². The van der Waals surface area contributed by atoms with E-state index in [0.717, 1.165) is 34.5 Å². The van der Waals surface area contributed by atoms with Gasteiger partial charge >= 0.3 is 0 Å². The minimum Gasteiger partial charge on any atom is -0.497 e. The molecule has 5 heteroatoms. The lowest BCUT2D eigenvalue weighted by molar-refractivity contribution is -0.116. The summed E-state index contributed by atoms with van der Waals surface area (Å²) in [6.45, 7) is 4.08. The van der Waals surface area contributed by atoms with Gasteiger partial charge < -0.3 is 14.5 Å². The van der Waals surface area contributed by atoms with E-state index in [1.165, 1.54) is 0 Å². The normalized spacial score (nSPS) is 10.6. The standard InChI is InChI=1S/C22H24N2O3/c1-4-16-8-5-7-15(2)22(16)24-20(25)11-12-21-23-14-19(27-21)17-9-6-10-18(13-17)26-3/h5-10,13-14H,4,11-12H2,1-3H3,(H,24,25). The molecule has 3 rings (SSSR count). The number of nitrogens with one attached hydrogen (secondary N) is 1. The third-order valence-electron chi connectivity index (χ3n) is 4.48. The largest absolute Gasteiger partial charge is 0.497 e. The number of para-hydroxylation sites is 1. The van der Waals surface area contributed by atoms with Crippen molar-refractivity contribution in [2.45, 2.75) is 33.1 Å². The van der Waals surface area contributed by atoms with E-state index >= 15 is 0 Å². The predicted molar refractivity (Wildman–Crippen MR) is 106 cm³/mol. The number of carbonyl (C=O) groups is 1. The highest BCUT2D eigenvalue weighted by atomic mass is 16.5. The second-order valence-electron chi connectivity index (χ2n) is 6.36. The van der Waals surface area contributed by atoms with Gasteiger partial charge in [0.1, 0.15) is 5.75 Å². The lowest BCUT2D eigenvalue weighted by atomic mass is 10.1. The van der Waals surface area contributed by atoms with Gasteiger partial charge in [-0.25, -0.2) is 4.98 Å². The summed E-state index contributed by atoms with van der Waals surface area (Å²) in [7, 11) is 1.63. The van der Waals surface area contributed by atoms with Gasteiger partial charge in [0.05, 0.1) is 13.3 Å². The summed E-state index contributed by atoms with van der Waals surface area (Å²) in [4.78, 5) is 16.7. The van der Waals surface area contributed by atoms with Gasteiger partial charge in [-0.2, -0.15) is 0 Å². The number of methoxy groups -OCH3 is 1. The van der Waals surface area contributed by atoms with E-state index in [9.17, 15) is 4.79 Å². The van der Waals surface area contributed by atoms with Crippen LogP contribution in [-0.4, -0.2) is 18.0 Å². The monoisotopic (exact) mass is 364 g/mol. The molecule has 1 heterocycles. The molecule has 0 bridgehead atoms. The van der Waals surface area contributed by atoms with Crippen molar-refractivity contribution in [3.63, 3.8) is 0 Å². The quantitative estimate of drug-likeness (QED) is 0.654. The van der Waals surface area contributed by atoms with Gasteiger partial charge in [-0.3, -0.25) is 4.79 Å². The highest BCUT2D eigenvalue weighted by Crippen LogP contribution is 2.25. The molecule has 0 fully saturated rings. The summed E-state index contributed by atoms with van der Waals surface area (Å²) in [6, 6.07) is 13.7. The molecule has 0 saturated heterocycles. The van der Waals surface area contributed by atoms with Crippen molar-refractivity contribution >= 4 is 11.6 Å². The third-order valence-corrected chi connectivity index (χ3v) is 4.48. The van der Waals surface area contributed by atoms with Gasteiger partial charge in [0.25, 0.3) is 0 Å². The maximum Gasteiger partial charge on any atom is 0.224 e. The third kappa shape index (κ3) is 4.56. The number of aromatic nitrogens is 1. The first kappa shape index (κ1) is 18.7. The molecular formula is C22H24N2O3. The molecule has 3 aromatic rings. The fraction of sp³-hybridized carbons (Fsp3) is 0.273. The Kier molecular flexibility index (Phi) is 5.91. The number of anilines is 1. The van der Waals surface area contributed by atoms with E-state index in [1.54, 1.807) is 13.3 Å². The molecule has 0 atom stereocenters. The molecule has 1 N–H and O–H groups in total. The molecule has 5 nitrogen and oxygen atoms in total. The van der Waals surface area contributed by atoms with Crippen molar-refractivity contribution in [2.24, 2.45) is 0 Å². The Morgan fingerprint density at radius 1 is 1.22 bits per heavy atom.